The predicted molar refractivity (Wildman–Crippen MR) is 258 cm³/mol. The van der Waals surface area contributed by atoms with Crippen LogP contribution in [0.2, 0.25) is 10.0 Å². The molecule has 77 heavy (non-hydrogen) atoms. The van der Waals surface area contributed by atoms with Gasteiger partial charge in [0, 0.05) is 52.3 Å². The molecule has 3 aromatic carbocycles. The maximum absolute atomic E-state index is 14.6. The Balaban J connectivity index is 1.60. The third-order valence-electron chi connectivity index (χ3n) is 10.9. The molecule has 416 valence electrons. The van der Waals surface area contributed by atoms with Gasteiger partial charge < -0.3 is 71.2 Å². The van der Waals surface area contributed by atoms with Gasteiger partial charge in [0.2, 0.25) is 27.2 Å². The van der Waals surface area contributed by atoms with Crippen molar-refractivity contribution in [2.24, 2.45) is 0 Å². The maximum atomic E-state index is 14.6. The zero-order chi connectivity index (χ0) is 56.7. The van der Waals surface area contributed by atoms with Crippen molar-refractivity contribution in [2.75, 3.05) is 91.7 Å². The highest BCUT2D eigenvalue weighted by Gasteiger charge is 2.56. The third-order valence-corrected chi connectivity index (χ3v) is 11.7. The summed E-state index contributed by atoms with van der Waals surface area (Å²) in [7, 11) is 1.28. The van der Waals surface area contributed by atoms with E-state index in [1.807, 2.05) is 0 Å². The number of rotatable bonds is 26. The summed E-state index contributed by atoms with van der Waals surface area (Å²) in [6.45, 7) is 2.46. The second-order valence-electron chi connectivity index (χ2n) is 16.3. The molecule has 0 N–H and O–H groups in total. The number of benzene rings is 3. The molecule has 0 amide bonds. The predicted octanol–water partition coefficient (Wildman–Crippen LogP) is 3.87. The number of aryl methyl sites for hydroxylation is 1. The fourth-order valence-electron chi connectivity index (χ4n) is 7.36. The highest BCUT2D eigenvalue weighted by Crippen LogP contribution is 2.63. The van der Waals surface area contributed by atoms with Crippen molar-refractivity contribution in [3.05, 3.63) is 67.7 Å². The number of esters is 10. The molecule has 3 aromatic rings. The van der Waals surface area contributed by atoms with Crippen LogP contribution >= 0.6 is 23.2 Å². The average Bonchev–Trinajstić information content (AvgIpc) is 3.89. The van der Waals surface area contributed by atoms with Gasteiger partial charge >= 0.3 is 59.7 Å². The first-order chi connectivity index (χ1) is 36.5. The number of fused-ring (bicyclic) bond motifs is 6. The number of nitrogens with zero attached hydrogens (tertiary/aromatic N) is 2. The normalized spacial score (nSPS) is 13.6. The SMILES string of the molecule is COc1cc2c(c(Cl)c1OC(C)=O)Oc1c(cc(C)c(C)c1Cl)C21OC(=O)c2cc(N(CC(=O)OCOC(C)=O)CC(=O)OCOC(C)=O)c(OCCOCCN(CC(=O)OCOC(C)=O)CC(=O)OCOC(C)=O)cc21. The largest absolute Gasteiger partial charge is 0.493 e. The lowest BCUT2D eigenvalue weighted by atomic mass is 9.76. The number of carbonyl (C=O) groups is 10. The highest BCUT2D eigenvalue weighted by atomic mass is 35.5. The summed E-state index contributed by atoms with van der Waals surface area (Å²) < 4.78 is 74.9. The number of anilines is 1. The molecule has 28 heteroatoms. The zero-order valence-corrected chi connectivity index (χ0v) is 44.3. The van der Waals surface area contributed by atoms with Crippen LogP contribution in [0.3, 0.4) is 0 Å². The lowest BCUT2D eigenvalue weighted by Crippen LogP contribution is -2.39. The Kier molecular flexibility index (Phi) is 21.2. The molecule has 1 spiro atoms. The number of halogens is 2. The summed E-state index contributed by atoms with van der Waals surface area (Å²) in [5.41, 5.74) is -0.786. The summed E-state index contributed by atoms with van der Waals surface area (Å²) in [4.78, 5) is 126. The standard InChI is InChI=1S/C49H52Cl2N2O24/c1-25-13-34-45(43(50)26(25)2)76-46-35(16-38(64-8)47(44(46)51)75-31(7)58)49(34)33-15-37(66-12-11-65-10-9-52(17-39(59)71-21-67-27(3)54)18-40(60)72-22-68-28(4)55)36(14-32(33)48(63)77-49)53(19-41(61)73-23-69-29(5)56)20-42(62)74-24-70-30(6)57/h13-16H,9-12,17-24H2,1-8H3. The molecule has 0 fully saturated rings. The van der Waals surface area contributed by atoms with Crippen LogP contribution in [-0.4, -0.2) is 151 Å². The molecule has 0 saturated heterocycles. The smallest absolute Gasteiger partial charge is 0.340 e. The zero-order valence-electron chi connectivity index (χ0n) is 42.7. The minimum absolute atomic E-state index is 0.000683. The Bertz CT molecular complexity index is 2750. The first-order valence-corrected chi connectivity index (χ1v) is 23.6. The van der Waals surface area contributed by atoms with Crippen molar-refractivity contribution in [1.82, 2.24) is 4.90 Å². The Hall–Kier alpha value is -7.94. The fraction of sp³-hybridized carbons (Fsp3) is 0.429. The molecule has 0 bridgehead atoms. The van der Waals surface area contributed by atoms with E-state index in [4.69, 9.17) is 80.0 Å². The summed E-state index contributed by atoms with van der Waals surface area (Å²) in [6.07, 6.45) is 0. The molecular weight excluding hydrogens is 1070 g/mol. The minimum atomic E-state index is -2.02. The van der Waals surface area contributed by atoms with E-state index in [-0.39, 0.29) is 93.1 Å². The Morgan fingerprint density at radius 1 is 0.571 bits per heavy atom. The molecule has 0 saturated carbocycles. The van der Waals surface area contributed by atoms with E-state index >= 15 is 0 Å². The van der Waals surface area contributed by atoms with E-state index in [0.29, 0.717) is 11.1 Å². The maximum Gasteiger partial charge on any atom is 0.340 e. The van der Waals surface area contributed by atoms with E-state index in [2.05, 4.69) is 9.47 Å². The molecule has 0 radical (unpaired) electrons. The molecule has 1 unspecified atom stereocenters. The van der Waals surface area contributed by atoms with Gasteiger partial charge in [-0.3, -0.25) is 48.1 Å². The van der Waals surface area contributed by atoms with Gasteiger partial charge in [-0.1, -0.05) is 23.2 Å². The van der Waals surface area contributed by atoms with Gasteiger partial charge in [0.15, 0.2) is 28.6 Å². The molecule has 1 atom stereocenters. The van der Waals surface area contributed by atoms with Crippen molar-refractivity contribution < 1.29 is 114 Å². The quantitative estimate of drug-likeness (QED) is 0.0362. The minimum Gasteiger partial charge on any atom is -0.493 e. The van der Waals surface area contributed by atoms with E-state index in [0.717, 1.165) is 39.5 Å². The van der Waals surface area contributed by atoms with Crippen molar-refractivity contribution in [2.45, 2.75) is 54.1 Å². The Labute approximate surface area is 448 Å². The summed E-state index contributed by atoms with van der Waals surface area (Å²) >= 11 is 14.0. The first kappa shape index (κ1) is 59.9. The van der Waals surface area contributed by atoms with Gasteiger partial charge in [0.25, 0.3) is 0 Å². The van der Waals surface area contributed by atoms with Crippen LogP contribution in [0.5, 0.6) is 28.7 Å². The lowest BCUT2D eigenvalue weighted by Gasteiger charge is -2.38. The van der Waals surface area contributed by atoms with Crippen LogP contribution < -0.4 is 23.8 Å². The number of carbonyl (C=O) groups excluding carboxylic acids is 10. The third kappa shape index (κ3) is 15.6. The van der Waals surface area contributed by atoms with E-state index in [1.54, 1.807) is 19.9 Å². The van der Waals surface area contributed by atoms with Gasteiger partial charge in [0.1, 0.15) is 30.5 Å². The van der Waals surface area contributed by atoms with E-state index < -0.39 is 119 Å². The monoisotopic (exact) mass is 1120 g/mol. The lowest BCUT2D eigenvalue weighted by molar-refractivity contribution is -0.170. The van der Waals surface area contributed by atoms with Crippen LogP contribution in [0.4, 0.5) is 5.69 Å². The summed E-state index contributed by atoms with van der Waals surface area (Å²) in [6, 6.07) is 5.70. The van der Waals surface area contributed by atoms with Crippen molar-refractivity contribution in [3.8, 4) is 28.7 Å². The number of ether oxygens (including phenoxy) is 14. The molecular formula is C49H52Cl2N2O24. The Morgan fingerprint density at radius 2 is 1.05 bits per heavy atom. The van der Waals surface area contributed by atoms with Crippen LogP contribution in [0.15, 0.2) is 24.3 Å². The van der Waals surface area contributed by atoms with Gasteiger partial charge in [-0.2, -0.15) is 0 Å². The molecule has 2 heterocycles. The fourth-order valence-corrected chi connectivity index (χ4v) is 7.92. The molecule has 2 aliphatic rings. The van der Waals surface area contributed by atoms with Gasteiger partial charge in [-0.05, 0) is 49.2 Å². The molecule has 5 rings (SSSR count). The highest BCUT2D eigenvalue weighted by molar-refractivity contribution is 6.35. The van der Waals surface area contributed by atoms with E-state index in [1.165, 1.54) is 30.2 Å². The van der Waals surface area contributed by atoms with Crippen LogP contribution in [0.1, 0.15) is 72.8 Å². The number of methoxy groups -OCH3 is 1. The van der Waals surface area contributed by atoms with Gasteiger partial charge in [-0.15, -0.1) is 0 Å². The second kappa shape index (κ2) is 27.2. The summed E-state index contributed by atoms with van der Waals surface area (Å²) in [5, 5.41) is -0.173. The van der Waals surface area contributed by atoms with Crippen LogP contribution in [0, 0.1) is 13.8 Å². The van der Waals surface area contributed by atoms with Crippen LogP contribution in [0.25, 0.3) is 0 Å². The number of hydrogen-bond acceptors (Lipinski definition) is 26. The molecule has 2 aliphatic heterocycles. The van der Waals surface area contributed by atoms with Crippen molar-refractivity contribution >= 4 is 88.6 Å². The molecule has 0 aromatic heterocycles. The van der Waals surface area contributed by atoms with Crippen molar-refractivity contribution in [1.29, 1.82) is 0 Å². The number of hydrogen-bond donors (Lipinski definition) is 0. The Morgan fingerprint density at radius 3 is 1.55 bits per heavy atom. The van der Waals surface area contributed by atoms with E-state index in [9.17, 15) is 47.9 Å². The first-order valence-electron chi connectivity index (χ1n) is 22.8. The van der Waals surface area contributed by atoms with Gasteiger partial charge in [0.05, 0.1) is 55.2 Å². The average molecular weight is 1120 g/mol. The molecule has 26 nitrogen and oxygen atoms in total. The van der Waals surface area contributed by atoms with Crippen LogP contribution in [-0.2, 0) is 96.1 Å². The van der Waals surface area contributed by atoms with Gasteiger partial charge in [-0.25, -0.2) is 4.79 Å². The second-order valence-corrected chi connectivity index (χ2v) is 17.1. The topological polar surface area (TPSA) is 306 Å². The van der Waals surface area contributed by atoms with Crippen molar-refractivity contribution in [3.63, 3.8) is 0 Å². The molecule has 0 aliphatic carbocycles. The summed E-state index contributed by atoms with van der Waals surface area (Å²) in [5.74, 6) is -9.23.